The van der Waals surface area contributed by atoms with E-state index < -0.39 is 0 Å². The predicted octanol–water partition coefficient (Wildman–Crippen LogP) is 6.03. The zero-order chi connectivity index (χ0) is 24.8. The molecule has 0 atom stereocenters. The second-order valence-corrected chi connectivity index (χ2v) is 6.12. The zero-order valence-corrected chi connectivity index (χ0v) is 20.4. The van der Waals surface area contributed by atoms with Gasteiger partial charge in [-0.15, -0.1) is 13.2 Å². The van der Waals surface area contributed by atoms with E-state index in [0.29, 0.717) is 25.2 Å². The molecule has 32 heavy (non-hydrogen) atoms. The number of carbonyl (C=O) groups excluding carboxylic acids is 1. The minimum atomic E-state index is -0.00149. The number of ether oxygens (including phenoxy) is 2. The maximum atomic E-state index is 11.7. The lowest BCUT2D eigenvalue weighted by molar-refractivity contribution is -0.120. The highest BCUT2D eigenvalue weighted by molar-refractivity contribution is 6.10. The maximum absolute atomic E-state index is 11.7. The summed E-state index contributed by atoms with van der Waals surface area (Å²) < 4.78 is 9.64. The summed E-state index contributed by atoms with van der Waals surface area (Å²) in [5.74, 6) is 0.536. The lowest BCUT2D eigenvalue weighted by Crippen LogP contribution is -2.20. The molecule has 1 N–H and O–H groups in total. The number of carbonyl (C=O) groups is 1. The second kappa shape index (κ2) is 21.1. The lowest BCUT2D eigenvalue weighted by Gasteiger charge is -2.04. The van der Waals surface area contributed by atoms with Crippen molar-refractivity contribution in [2.75, 3.05) is 27.9 Å². The van der Waals surface area contributed by atoms with E-state index in [9.17, 15) is 4.79 Å². The minimum Gasteiger partial charge on any atom is -0.497 e. The van der Waals surface area contributed by atoms with Gasteiger partial charge in [0.2, 0.25) is 5.91 Å². The van der Waals surface area contributed by atoms with Crippen LogP contribution >= 0.6 is 0 Å². The zero-order valence-electron chi connectivity index (χ0n) is 20.4. The number of amides is 1. The number of methoxy groups -OCH3 is 2. The van der Waals surface area contributed by atoms with Crippen molar-refractivity contribution in [3.8, 4) is 0 Å². The number of nitrogens with one attached hydrogen (secondary N) is 1. The summed E-state index contributed by atoms with van der Waals surface area (Å²) in [5.41, 5.74) is 3.53. The molecule has 5 heteroatoms. The Balaban J connectivity index is 0. The van der Waals surface area contributed by atoms with Crippen LogP contribution in [0.4, 0.5) is 0 Å². The van der Waals surface area contributed by atoms with Crippen molar-refractivity contribution < 1.29 is 14.3 Å². The molecule has 0 heterocycles. The van der Waals surface area contributed by atoms with Crippen LogP contribution in [0.1, 0.15) is 33.1 Å². The van der Waals surface area contributed by atoms with Crippen LogP contribution in [0.3, 0.4) is 0 Å². The first-order chi connectivity index (χ1) is 15.4. The Labute approximate surface area is 195 Å². The van der Waals surface area contributed by atoms with E-state index in [0.717, 1.165) is 29.0 Å². The molecule has 5 nitrogen and oxygen atoms in total. The highest BCUT2D eigenvalue weighted by atomic mass is 16.5. The van der Waals surface area contributed by atoms with E-state index in [1.807, 2.05) is 38.2 Å². The fourth-order valence-corrected chi connectivity index (χ4v) is 2.28. The molecule has 0 aromatic rings. The molecule has 1 aliphatic rings. The smallest absolute Gasteiger partial charge is 0.224 e. The second-order valence-electron chi connectivity index (χ2n) is 6.12. The Hall–Kier alpha value is -3.18. The van der Waals surface area contributed by atoms with Crippen molar-refractivity contribution in [2.45, 2.75) is 33.1 Å². The first-order valence-electron chi connectivity index (χ1n) is 10.6. The summed E-state index contributed by atoms with van der Waals surface area (Å²) in [4.78, 5) is 16.0. The monoisotopic (exact) mass is 440 g/mol. The Morgan fingerprint density at radius 2 is 1.91 bits per heavy atom. The van der Waals surface area contributed by atoms with E-state index in [-0.39, 0.29) is 5.91 Å². The number of nitrogens with zero attached hydrogens (tertiary/aromatic N) is 1. The highest BCUT2D eigenvalue weighted by Crippen LogP contribution is 2.18. The molecule has 0 saturated heterocycles. The molecular weight excluding hydrogens is 400 g/mol. The predicted molar refractivity (Wildman–Crippen MR) is 139 cm³/mol. The number of allylic oxidation sites excluding steroid dienone is 9. The lowest BCUT2D eigenvalue weighted by atomic mass is 10.1. The van der Waals surface area contributed by atoms with Gasteiger partial charge in [-0.2, -0.15) is 0 Å². The number of hydrogen-bond acceptors (Lipinski definition) is 4. The van der Waals surface area contributed by atoms with Crippen LogP contribution in [0.5, 0.6) is 0 Å². The fourth-order valence-electron chi connectivity index (χ4n) is 2.28. The Bertz CT molecular complexity index is 766. The number of rotatable bonds is 12. The van der Waals surface area contributed by atoms with Gasteiger partial charge in [0.15, 0.2) is 0 Å². The fraction of sp³-hybridized carbons (Fsp3) is 0.333. The maximum Gasteiger partial charge on any atom is 0.224 e. The third kappa shape index (κ3) is 14.7. The summed E-state index contributed by atoms with van der Waals surface area (Å²) in [5, 5.41) is 2.89. The Morgan fingerprint density at radius 3 is 2.38 bits per heavy atom. The first kappa shape index (κ1) is 31.0. The molecule has 176 valence electrons. The van der Waals surface area contributed by atoms with E-state index in [4.69, 9.17) is 4.74 Å². The van der Waals surface area contributed by atoms with E-state index in [2.05, 4.69) is 41.4 Å². The number of aliphatic imine (C=N–C) groups is 1. The van der Waals surface area contributed by atoms with Gasteiger partial charge in [-0.3, -0.25) is 9.79 Å². The summed E-state index contributed by atoms with van der Waals surface area (Å²) >= 11 is 0. The van der Waals surface area contributed by atoms with Gasteiger partial charge in [0.05, 0.1) is 19.4 Å². The highest BCUT2D eigenvalue weighted by Gasteiger charge is 2.08. The molecule has 0 aromatic heterocycles. The van der Waals surface area contributed by atoms with Crippen molar-refractivity contribution in [2.24, 2.45) is 4.99 Å². The van der Waals surface area contributed by atoms with Crippen LogP contribution in [-0.4, -0.2) is 39.5 Å². The van der Waals surface area contributed by atoms with Gasteiger partial charge < -0.3 is 14.8 Å². The molecule has 0 fully saturated rings. The normalized spacial score (nSPS) is 12.9. The standard InChI is InChI=1S/C21H26N2O2.C4H8O.C2H6/c1-6-8-9-21(24)23-19-12-10-17(15-19)11-13-20(22-4)18(7-2)14-16(3)25-5;1-3-4-5-2;1-2/h6-7,11-15H,1-3,8-10H2,4-5H3,(H,23,24);3H,1,4H2,2H3;1-2H3/b13-11-,18-14+,22-20?;;. The van der Waals surface area contributed by atoms with Gasteiger partial charge in [-0.1, -0.05) is 57.4 Å². The molecule has 0 aromatic carbocycles. The molecule has 0 unspecified atom stereocenters. The molecular formula is C27H40N2O3. The first-order valence-corrected chi connectivity index (χ1v) is 10.6. The average Bonchev–Trinajstić information content (AvgIpc) is 3.26. The molecule has 0 aliphatic heterocycles. The van der Waals surface area contributed by atoms with Crippen LogP contribution in [0, 0.1) is 0 Å². The summed E-state index contributed by atoms with van der Waals surface area (Å²) in [6.07, 6.45) is 16.7. The molecule has 0 spiro atoms. The van der Waals surface area contributed by atoms with Gasteiger partial charge in [0.1, 0.15) is 5.76 Å². The molecule has 0 bridgehead atoms. The molecule has 1 amide bonds. The van der Waals surface area contributed by atoms with Crippen LogP contribution in [0.15, 0.2) is 103 Å². The molecule has 1 rings (SSSR count). The summed E-state index contributed by atoms with van der Waals surface area (Å²) in [6.45, 7) is 19.3. The molecule has 0 radical (unpaired) electrons. The molecule has 1 aliphatic carbocycles. The molecule has 0 saturated carbocycles. The minimum absolute atomic E-state index is 0.00149. The van der Waals surface area contributed by atoms with Crippen LogP contribution < -0.4 is 5.32 Å². The van der Waals surface area contributed by atoms with Crippen molar-refractivity contribution in [3.05, 3.63) is 97.5 Å². The average molecular weight is 441 g/mol. The van der Waals surface area contributed by atoms with Gasteiger partial charge in [0, 0.05) is 31.8 Å². The van der Waals surface area contributed by atoms with Crippen LogP contribution in [0.25, 0.3) is 0 Å². The van der Waals surface area contributed by atoms with E-state index >= 15 is 0 Å². The Kier molecular flexibility index (Phi) is 20.4. The van der Waals surface area contributed by atoms with Gasteiger partial charge in [-0.25, -0.2) is 0 Å². The topological polar surface area (TPSA) is 59.9 Å². The van der Waals surface area contributed by atoms with E-state index in [1.165, 1.54) is 0 Å². The van der Waals surface area contributed by atoms with Crippen LogP contribution in [0.2, 0.25) is 0 Å². The SMILES string of the molecule is C=CCCC(=O)NC1=CCC(/C=C\C(=NC)/C(C=C)=C/C(=C)OC)=C1.C=CCOC.CC. The van der Waals surface area contributed by atoms with Crippen LogP contribution in [-0.2, 0) is 14.3 Å². The summed E-state index contributed by atoms with van der Waals surface area (Å²) in [6, 6.07) is 0. The quantitative estimate of drug-likeness (QED) is 0.174. The van der Waals surface area contributed by atoms with Crippen molar-refractivity contribution >= 4 is 11.6 Å². The van der Waals surface area contributed by atoms with Gasteiger partial charge in [0.25, 0.3) is 0 Å². The third-order valence-electron chi connectivity index (χ3n) is 3.83. The van der Waals surface area contributed by atoms with Crippen molar-refractivity contribution in [1.82, 2.24) is 5.32 Å². The third-order valence-corrected chi connectivity index (χ3v) is 3.83. The van der Waals surface area contributed by atoms with Crippen molar-refractivity contribution in [3.63, 3.8) is 0 Å². The van der Waals surface area contributed by atoms with Gasteiger partial charge in [-0.05, 0) is 36.6 Å². The van der Waals surface area contributed by atoms with Gasteiger partial charge >= 0.3 is 0 Å². The largest absolute Gasteiger partial charge is 0.497 e. The summed E-state index contributed by atoms with van der Waals surface area (Å²) in [7, 11) is 4.93. The van der Waals surface area contributed by atoms with Crippen molar-refractivity contribution in [1.29, 1.82) is 0 Å². The Morgan fingerprint density at radius 1 is 1.22 bits per heavy atom. The van der Waals surface area contributed by atoms with E-state index in [1.54, 1.807) is 45.6 Å². The number of hydrogen-bond donors (Lipinski definition) is 1.